The lowest BCUT2D eigenvalue weighted by Gasteiger charge is -2.07. The molecule has 0 bridgehead atoms. The Morgan fingerprint density at radius 1 is 1.11 bits per heavy atom. The SMILES string of the molecule is Cc1c(C)n(-c2ccccc2)c2ncn(C)c(=N)c12. The van der Waals surface area contributed by atoms with Gasteiger partial charge < -0.3 is 4.57 Å². The van der Waals surface area contributed by atoms with E-state index < -0.39 is 0 Å². The molecule has 0 aliphatic rings. The molecule has 3 aromatic rings. The van der Waals surface area contributed by atoms with Crippen LogP contribution in [0.4, 0.5) is 0 Å². The average molecular weight is 252 g/mol. The summed E-state index contributed by atoms with van der Waals surface area (Å²) in [5.41, 5.74) is 4.68. The van der Waals surface area contributed by atoms with Gasteiger partial charge in [0.05, 0.1) is 11.7 Å². The molecule has 2 heterocycles. The third-order valence-corrected chi connectivity index (χ3v) is 3.65. The van der Waals surface area contributed by atoms with Crippen molar-refractivity contribution >= 4 is 11.0 Å². The Labute approximate surface area is 111 Å². The highest BCUT2D eigenvalue weighted by molar-refractivity contribution is 5.82. The fraction of sp³-hybridized carbons (Fsp3) is 0.200. The summed E-state index contributed by atoms with van der Waals surface area (Å²) in [5.74, 6) is 0. The van der Waals surface area contributed by atoms with Gasteiger partial charge in [-0.3, -0.25) is 9.98 Å². The van der Waals surface area contributed by atoms with Crippen molar-refractivity contribution in [3.05, 3.63) is 53.4 Å². The van der Waals surface area contributed by atoms with Gasteiger partial charge in [-0.1, -0.05) is 18.2 Å². The normalized spacial score (nSPS) is 11.1. The molecule has 0 unspecified atom stereocenters. The Kier molecular flexibility index (Phi) is 2.52. The van der Waals surface area contributed by atoms with Crippen LogP contribution in [0.25, 0.3) is 16.7 Å². The monoisotopic (exact) mass is 252 g/mol. The van der Waals surface area contributed by atoms with Gasteiger partial charge >= 0.3 is 0 Å². The summed E-state index contributed by atoms with van der Waals surface area (Å²) in [6.07, 6.45) is 1.70. The van der Waals surface area contributed by atoms with Gasteiger partial charge in [0.15, 0.2) is 0 Å². The first kappa shape index (κ1) is 11.7. The number of nitrogens with zero attached hydrogens (tertiary/aromatic N) is 3. The van der Waals surface area contributed by atoms with E-state index in [0.29, 0.717) is 5.49 Å². The van der Waals surface area contributed by atoms with Crippen molar-refractivity contribution < 1.29 is 0 Å². The van der Waals surface area contributed by atoms with Crippen molar-refractivity contribution in [1.29, 1.82) is 5.41 Å². The molecule has 96 valence electrons. The number of rotatable bonds is 1. The molecule has 4 nitrogen and oxygen atoms in total. The van der Waals surface area contributed by atoms with E-state index in [2.05, 4.69) is 35.5 Å². The molecule has 2 aromatic heterocycles. The molecular formula is C15H16N4. The number of para-hydroxylation sites is 1. The maximum Gasteiger partial charge on any atom is 0.150 e. The van der Waals surface area contributed by atoms with Crippen molar-refractivity contribution in [2.24, 2.45) is 7.05 Å². The van der Waals surface area contributed by atoms with E-state index in [4.69, 9.17) is 5.41 Å². The zero-order chi connectivity index (χ0) is 13.6. The van der Waals surface area contributed by atoms with Crippen molar-refractivity contribution in [3.63, 3.8) is 0 Å². The van der Waals surface area contributed by atoms with Crippen molar-refractivity contribution in [3.8, 4) is 5.69 Å². The van der Waals surface area contributed by atoms with E-state index >= 15 is 0 Å². The van der Waals surface area contributed by atoms with Crippen LogP contribution in [0, 0.1) is 19.3 Å². The van der Waals surface area contributed by atoms with Crippen molar-refractivity contribution in [2.75, 3.05) is 0 Å². The second-order valence-electron chi connectivity index (χ2n) is 4.78. The molecule has 0 amide bonds. The molecule has 19 heavy (non-hydrogen) atoms. The molecule has 1 aromatic carbocycles. The number of hydrogen-bond donors (Lipinski definition) is 1. The lowest BCUT2D eigenvalue weighted by Crippen LogP contribution is -2.17. The lowest BCUT2D eigenvalue weighted by molar-refractivity contribution is 0.802. The number of hydrogen-bond acceptors (Lipinski definition) is 2. The topological polar surface area (TPSA) is 46.6 Å². The molecule has 0 fully saturated rings. The predicted octanol–water partition coefficient (Wildman–Crippen LogP) is 2.46. The molecule has 0 aliphatic heterocycles. The summed E-state index contributed by atoms with van der Waals surface area (Å²) < 4.78 is 3.85. The van der Waals surface area contributed by atoms with Crippen LogP contribution in [0.2, 0.25) is 0 Å². The van der Waals surface area contributed by atoms with E-state index in [9.17, 15) is 0 Å². The predicted molar refractivity (Wildman–Crippen MR) is 75.4 cm³/mol. The third-order valence-electron chi connectivity index (χ3n) is 3.65. The largest absolute Gasteiger partial charge is 0.320 e. The van der Waals surface area contributed by atoms with E-state index in [1.807, 2.05) is 25.2 Å². The highest BCUT2D eigenvalue weighted by Gasteiger charge is 2.15. The average Bonchev–Trinajstić information content (AvgIpc) is 2.68. The van der Waals surface area contributed by atoms with Crippen molar-refractivity contribution in [2.45, 2.75) is 13.8 Å². The molecule has 0 saturated carbocycles. The fourth-order valence-corrected chi connectivity index (χ4v) is 2.46. The van der Waals surface area contributed by atoms with Crippen LogP contribution in [-0.4, -0.2) is 14.1 Å². The molecule has 0 radical (unpaired) electrons. The minimum absolute atomic E-state index is 0.500. The molecule has 1 N–H and O–H groups in total. The summed E-state index contributed by atoms with van der Waals surface area (Å²) in [5, 5.41) is 9.13. The molecule has 0 saturated heterocycles. The van der Waals surface area contributed by atoms with Gasteiger partial charge in [-0.15, -0.1) is 0 Å². The number of aryl methyl sites for hydroxylation is 2. The van der Waals surface area contributed by atoms with Crippen LogP contribution >= 0.6 is 0 Å². The number of fused-ring (bicyclic) bond motifs is 1. The number of aromatic nitrogens is 3. The zero-order valence-electron chi connectivity index (χ0n) is 11.3. The first-order chi connectivity index (χ1) is 9.11. The third kappa shape index (κ3) is 1.60. The summed E-state index contributed by atoms with van der Waals surface area (Å²) >= 11 is 0. The highest BCUT2D eigenvalue weighted by atomic mass is 15.1. The Morgan fingerprint density at radius 2 is 1.79 bits per heavy atom. The summed E-state index contributed by atoms with van der Waals surface area (Å²) in [6, 6.07) is 10.1. The highest BCUT2D eigenvalue weighted by Crippen LogP contribution is 2.24. The molecule has 0 atom stereocenters. The molecule has 3 rings (SSSR count). The summed E-state index contributed by atoms with van der Waals surface area (Å²) in [6.45, 7) is 4.13. The Morgan fingerprint density at radius 3 is 2.47 bits per heavy atom. The second-order valence-corrected chi connectivity index (χ2v) is 4.78. The molecular weight excluding hydrogens is 236 g/mol. The van der Waals surface area contributed by atoms with Gasteiger partial charge in [0.2, 0.25) is 0 Å². The van der Waals surface area contributed by atoms with Crippen LogP contribution < -0.4 is 5.49 Å². The van der Waals surface area contributed by atoms with Crippen LogP contribution in [-0.2, 0) is 7.05 Å². The van der Waals surface area contributed by atoms with E-state index in [1.165, 1.54) is 0 Å². The second kappa shape index (κ2) is 4.09. The van der Waals surface area contributed by atoms with Gasteiger partial charge in [0.1, 0.15) is 11.1 Å². The zero-order valence-corrected chi connectivity index (χ0v) is 11.3. The van der Waals surface area contributed by atoms with Crippen LogP contribution in [0.5, 0.6) is 0 Å². The first-order valence-electron chi connectivity index (χ1n) is 6.24. The maximum absolute atomic E-state index is 8.21. The minimum atomic E-state index is 0.500. The van der Waals surface area contributed by atoms with Crippen LogP contribution in [0.1, 0.15) is 11.3 Å². The fourth-order valence-electron chi connectivity index (χ4n) is 2.46. The lowest BCUT2D eigenvalue weighted by atomic mass is 10.2. The van der Waals surface area contributed by atoms with Crippen molar-refractivity contribution in [1.82, 2.24) is 14.1 Å². The Bertz CT molecular complexity index is 810. The van der Waals surface area contributed by atoms with Crippen LogP contribution in [0.3, 0.4) is 0 Å². The standard InChI is InChI=1S/C15H16N4/c1-10-11(2)19(12-7-5-4-6-8-12)15-13(10)14(16)18(3)9-17-15/h4-9,16H,1-3H3. The van der Waals surface area contributed by atoms with Gasteiger partial charge in [-0.25, -0.2) is 4.98 Å². The Hall–Kier alpha value is -2.36. The number of nitrogens with one attached hydrogen (secondary N) is 1. The smallest absolute Gasteiger partial charge is 0.150 e. The van der Waals surface area contributed by atoms with Gasteiger partial charge in [0.25, 0.3) is 0 Å². The minimum Gasteiger partial charge on any atom is -0.320 e. The molecule has 0 spiro atoms. The quantitative estimate of drug-likeness (QED) is 0.710. The van der Waals surface area contributed by atoms with Gasteiger partial charge in [0, 0.05) is 18.4 Å². The van der Waals surface area contributed by atoms with E-state index in [1.54, 1.807) is 10.9 Å². The van der Waals surface area contributed by atoms with E-state index in [-0.39, 0.29) is 0 Å². The summed E-state index contributed by atoms with van der Waals surface area (Å²) in [4.78, 5) is 4.51. The number of benzene rings is 1. The van der Waals surface area contributed by atoms with Gasteiger partial charge in [-0.2, -0.15) is 0 Å². The molecule has 0 aliphatic carbocycles. The van der Waals surface area contributed by atoms with Crippen LogP contribution in [0.15, 0.2) is 36.7 Å². The summed E-state index contributed by atoms with van der Waals surface area (Å²) in [7, 11) is 1.85. The van der Waals surface area contributed by atoms with Gasteiger partial charge in [-0.05, 0) is 31.5 Å². The molecule has 4 heteroatoms. The van der Waals surface area contributed by atoms with E-state index in [0.717, 1.165) is 28.0 Å². The Balaban J connectivity index is 2.48. The maximum atomic E-state index is 8.21. The first-order valence-corrected chi connectivity index (χ1v) is 6.24.